The number of hydrogen-bond donors (Lipinski definition) is 1. The second-order valence-electron chi connectivity index (χ2n) is 7.86. The minimum atomic E-state index is -0.459. The van der Waals surface area contributed by atoms with Gasteiger partial charge in [0.1, 0.15) is 17.2 Å². The fourth-order valence-electron chi connectivity index (χ4n) is 3.34. The maximum atomic E-state index is 12.7. The maximum Gasteiger partial charge on any atom is 0.177 e. The second kappa shape index (κ2) is 7.02. The standard InChI is InChI=1S/C22H26O4.H2/c1-22(2,3)17-9-5-14(11-18(17)23)12-19(24)20-10-7-15-6-8-16(25-4)13-21(15)26-20;/h5-6,8-9,11,13,20,23H,7,10,12H2,1-4H3;1H. The summed E-state index contributed by atoms with van der Waals surface area (Å²) in [5, 5.41) is 10.3. The lowest BCUT2D eigenvalue weighted by Crippen LogP contribution is -2.32. The lowest BCUT2D eigenvalue weighted by molar-refractivity contribution is -0.125. The third-order valence-corrected chi connectivity index (χ3v) is 4.83. The van der Waals surface area contributed by atoms with Crippen LogP contribution in [0.4, 0.5) is 0 Å². The van der Waals surface area contributed by atoms with Crippen molar-refractivity contribution in [1.82, 2.24) is 0 Å². The molecule has 1 unspecified atom stereocenters. The van der Waals surface area contributed by atoms with Crippen molar-refractivity contribution >= 4 is 5.78 Å². The van der Waals surface area contributed by atoms with Gasteiger partial charge in [-0.1, -0.05) is 39.0 Å². The Morgan fingerprint density at radius 2 is 2.04 bits per heavy atom. The number of Topliss-reactive ketones (excluding diaryl/α,β-unsaturated/α-hetero) is 1. The summed E-state index contributed by atoms with van der Waals surface area (Å²) in [5.74, 6) is 1.71. The van der Waals surface area contributed by atoms with E-state index in [1.54, 1.807) is 13.2 Å². The summed E-state index contributed by atoms with van der Waals surface area (Å²) in [6.45, 7) is 6.15. The first-order chi connectivity index (χ1) is 12.3. The van der Waals surface area contributed by atoms with E-state index in [1.807, 2.05) is 30.3 Å². The third kappa shape index (κ3) is 3.85. The van der Waals surface area contributed by atoms with Gasteiger partial charge >= 0.3 is 0 Å². The number of benzene rings is 2. The molecule has 1 aliphatic heterocycles. The molecule has 0 saturated heterocycles. The van der Waals surface area contributed by atoms with E-state index >= 15 is 0 Å². The molecule has 1 atom stereocenters. The van der Waals surface area contributed by atoms with E-state index in [4.69, 9.17) is 9.47 Å². The fraction of sp³-hybridized carbons (Fsp3) is 0.409. The number of aryl methyl sites for hydroxylation is 1. The van der Waals surface area contributed by atoms with E-state index in [9.17, 15) is 9.90 Å². The predicted octanol–water partition coefficient (Wildman–Crippen LogP) is 4.45. The number of hydrogen-bond acceptors (Lipinski definition) is 4. The van der Waals surface area contributed by atoms with E-state index in [1.165, 1.54) is 0 Å². The van der Waals surface area contributed by atoms with Gasteiger partial charge in [0.2, 0.25) is 0 Å². The van der Waals surface area contributed by atoms with Gasteiger partial charge in [-0.3, -0.25) is 4.79 Å². The van der Waals surface area contributed by atoms with Crippen molar-refractivity contribution in [3.05, 3.63) is 53.1 Å². The van der Waals surface area contributed by atoms with Crippen LogP contribution in [0.1, 0.15) is 45.3 Å². The predicted molar refractivity (Wildman–Crippen MR) is 103 cm³/mol. The molecule has 1 N–H and O–H groups in total. The lowest BCUT2D eigenvalue weighted by Gasteiger charge is -2.26. The summed E-state index contributed by atoms with van der Waals surface area (Å²) < 4.78 is 11.2. The molecule has 0 aromatic heterocycles. The Morgan fingerprint density at radius 3 is 2.69 bits per heavy atom. The lowest BCUT2D eigenvalue weighted by atomic mass is 9.85. The highest BCUT2D eigenvalue weighted by Crippen LogP contribution is 2.33. The van der Waals surface area contributed by atoms with Crippen molar-refractivity contribution in [2.75, 3.05) is 7.11 Å². The van der Waals surface area contributed by atoms with Crippen molar-refractivity contribution in [3.63, 3.8) is 0 Å². The van der Waals surface area contributed by atoms with E-state index in [-0.39, 0.29) is 24.8 Å². The summed E-state index contributed by atoms with van der Waals surface area (Å²) in [6.07, 6.45) is 1.27. The van der Waals surface area contributed by atoms with Crippen LogP contribution in [0.25, 0.3) is 0 Å². The van der Waals surface area contributed by atoms with Gasteiger partial charge in [-0.25, -0.2) is 0 Å². The molecule has 2 aromatic carbocycles. The van der Waals surface area contributed by atoms with Crippen LogP contribution in [-0.2, 0) is 23.1 Å². The molecule has 0 spiro atoms. The monoisotopic (exact) mass is 356 g/mol. The van der Waals surface area contributed by atoms with E-state index in [0.29, 0.717) is 6.42 Å². The van der Waals surface area contributed by atoms with Crippen LogP contribution < -0.4 is 9.47 Å². The molecule has 0 saturated carbocycles. The van der Waals surface area contributed by atoms with Crippen LogP contribution in [0.5, 0.6) is 17.2 Å². The molecule has 0 bridgehead atoms. The van der Waals surface area contributed by atoms with E-state index in [0.717, 1.165) is 34.6 Å². The Morgan fingerprint density at radius 1 is 1.27 bits per heavy atom. The molecule has 4 heteroatoms. The number of ketones is 1. The number of rotatable bonds is 4. The molecule has 140 valence electrons. The molecule has 0 fully saturated rings. The maximum absolute atomic E-state index is 12.7. The number of phenolic OH excluding ortho intramolecular Hbond substituents is 1. The topological polar surface area (TPSA) is 55.8 Å². The molecule has 1 aliphatic rings. The molecule has 0 radical (unpaired) electrons. The third-order valence-electron chi connectivity index (χ3n) is 4.83. The van der Waals surface area contributed by atoms with Crippen LogP contribution in [0.3, 0.4) is 0 Å². The van der Waals surface area contributed by atoms with Crippen molar-refractivity contribution in [2.45, 2.75) is 51.6 Å². The zero-order valence-corrected chi connectivity index (χ0v) is 15.8. The Balaban J connectivity index is 0.00000261. The van der Waals surface area contributed by atoms with Gasteiger partial charge in [-0.15, -0.1) is 0 Å². The van der Waals surface area contributed by atoms with Crippen molar-refractivity contribution < 1.29 is 20.8 Å². The van der Waals surface area contributed by atoms with Gasteiger partial charge in [0.25, 0.3) is 0 Å². The van der Waals surface area contributed by atoms with Crippen molar-refractivity contribution in [2.24, 2.45) is 0 Å². The molecule has 4 nitrogen and oxygen atoms in total. The molecule has 0 amide bonds. The Labute approximate surface area is 156 Å². The first-order valence-corrected chi connectivity index (χ1v) is 8.96. The zero-order valence-electron chi connectivity index (χ0n) is 15.8. The molecular weight excluding hydrogens is 328 g/mol. The molecule has 1 heterocycles. The normalized spacial score (nSPS) is 16.5. The van der Waals surface area contributed by atoms with Crippen LogP contribution in [-0.4, -0.2) is 24.1 Å². The van der Waals surface area contributed by atoms with Gasteiger partial charge in [-0.2, -0.15) is 0 Å². The molecule has 2 aromatic rings. The first-order valence-electron chi connectivity index (χ1n) is 8.96. The summed E-state index contributed by atoms with van der Waals surface area (Å²) in [5.41, 5.74) is 2.65. The van der Waals surface area contributed by atoms with Gasteiger partial charge < -0.3 is 14.6 Å². The Kier molecular flexibility index (Phi) is 4.94. The largest absolute Gasteiger partial charge is 0.508 e. The number of fused-ring (bicyclic) bond motifs is 1. The minimum Gasteiger partial charge on any atom is -0.508 e. The number of ether oxygens (including phenoxy) is 2. The zero-order chi connectivity index (χ0) is 18.9. The van der Waals surface area contributed by atoms with Crippen molar-refractivity contribution in [1.29, 1.82) is 0 Å². The number of aromatic hydroxyl groups is 1. The van der Waals surface area contributed by atoms with Gasteiger partial charge in [0.15, 0.2) is 11.9 Å². The number of carbonyl (C=O) groups is 1. The fourth-order valence-corrected chi connectivity index (χ4v) is 3.34. The molecule has 3 rings (SSSR count). The van der Waals surface area contributed by atoms with Crippen LogP contribution >= 0.6 is 0 Å². The summed E-state index contributed by atoms with van der Waals surface area (Å²) in [4.78, 5) is 12.7. The SMILES string of the molecule is COc1ccc2c(c1)OC(C(=O)Cc1ccc(C(C)(C)C)c(O)c1)CC2.[HH]. The van der Waals surface area contributed by atoms with Crippen LogP contribution in [0, 0.1) is 0 Å². The number of methoxy groups -OCH3 is 1. The van der Waals surface area contributed by atoms with Gasteiger partial charge in [0.05, 0.1) is 7.11 Å². The summed E-state index contributed by atoms with van der Waals surface area (Å²) >= 11 is 0. The van der Waals surface area contributed by atoms with Crippen molar-refractivity contribution in [3.8, 4) is 17.2 Å². The van der Waals surface area contributed by atoms with E-state index < -0.39 is 6.10 Å². The number of carbonyl (C=O) groups excluding carboxylic acids is 1. The minimum absolute atomic E-state index is 0. The Hall–Kier alpha value is -2.49. The average Bonchev–Trinajstić information content (AvgIpc) is 2.59. The average molecular weight is 356 g/mol. The first kappa shape index (κ1) is 18.3. The molecule has 26 heavy (non-hydrogen) atoms. The smallest absolute Gasteiger partial charge is 0.177 e. The van der Waals surface area contributed by atoms with Crippen LogP contribution in [0.2, 0.25) is 0 Å². The van der Waals surface area contributed by atoms with Gasteiger partial charge in [0, 0.05) is 13.9 Å². The quantitative estimate of drug-likeness (QED) is 0.879. The molecule has 0 aliphatic carbocycles. The highest BCUT2D eigenvalue weighted by atomic mass is 16.5. The Bertz CT molecular complexity index is 824. The highest BCUT2D eigenvalue weighted by Gasteiger charge is 2.27. The highest BCUT2D eigenvalue weighted by molar-refractivity contribution is 5.86. The number of phenols is 1. The van der Waals surface area contributed by atoms with Gasteiger partial charge in [-0.05, 0) is 47.1 Å². The van der Waals surface area contributed by atoms with E-state index in [2.05, 4.69) is 20.8 Å². The molecular formula is C22H28O4. The summed E-state index contributed by atoms with van der Waals surface area (Å²) in [6, 6.07) is 11.2. The second-order valence-corrected chi connectivity index (χ2v) is 7.86. The van der Waals surface area contributed by atoms with Crippen LogP contribution in [0.15, 0.2) is 36.4 Å². The summed E-state index contributed by atoms with van der Waals surface area (Å²) in [7, 11) is 1.61.